The van der Waals surface area contributed by atoms with E-state index in [9.17, 15) is 5.11 Å². The molecule has 0 bridgehead atoms. The van der Waals surface area contributed by atoms with Crippen molar-refractivity contribution < 1.29 is 5.11 Å². The van der Waals surface area contributed by atoms with Crippen LogP contribution in [0.15, 0.2) is 41.6 Å². The molecule has 3 N–H and O–H groups in total. The molecule has 16 heavy (non-hydrogen) atoms. The van der Waals surface area contributed by atoms with Gasteiger partial charge in [-0.1, -0.05) is 37.3 Å². The van der Waals surface area contributed by atoms with E-state index < -0.39 is 5.60 Å². The fourth-order valence-electron chi connectivity index (χ4n) is 2.30. The van der Waals surface area contributed by atoms with Crippen LogP contribution in [0.2, 0.25) is 0 Å². The first kappa shape index (κ1) is 10.7. The van der Waals surface area contributed by atoms with E-state index in [1.165, 1.54) is 0 Å². The second-order valence-corrected chi connectivity index (χ2v) is 4.27. The maximum Gasteiger partial charge on any atom is 0.130 e. The van der Waals surface area contributed by atoms with E-state index in [2.05, 4.69) is 6.07 Å². The molecule has 0 saturated carbocycles. The average molecular weight is 214 g/mol. The molecule has 1 aliphatic rings. The summed E-state index contributed by atoms with van der Waals surface area (Å²) in [5.74, 6) is 0.00945. The van der Waals surface area contributed by atoms with Crippen molar-refractivity contribution in [3.63, 3.8) is 0 Å². The van der Waals surface area contributed by atoms with Crippen molar-refractivity contribution in [3.05, 3.63) is 47.2 Å². The molecule has 3 heteroatoms. The molecule has 0 unspecified atom stereocenters. The van der Waals surface area contributed by atoms with Gasteiger partial charge in [-0.2, -0.15) is 5.26 Å². The summed E-state index contributed by atoms with van der Waals surface area (Å²) in [6, 6.07) is 11.3. The fourth-order valence-corrected chi connectivity index (χ4v) is 2.30. The number of hydrogen-bond acceptors (Lipinski definition) is 3. The quantitative estimate of drug-likeness (QED) is 0.746. The Morgan fingerprint density at radius 2 is 2.06 bits per heavy atom. The molecule has 82 valence electrons. The molecular formula is C13H14N2O. The van der Waals surface area contributed by atoms with E-state index in [4.69, 9.17) is 11.0 Å². The lowest BCUT2D eigenvalue weighted by Gasteiger charge is -2.25. The highest BCUT2D eigenvalue weighted by molar-refractivity contribution is 5.44. The lowest BCUT2D eigenvalue weighted by atomic mass is 9.89. The summed E-state index contributed by atoms with van der Waals surface area (Å²) in [6.07, 6.45) is 0.478. The van der Waals surface area contributed by atoms with E-state index in [0.29, 0.717) is 17.7 Å². The summed E-state index contributed by atoms with van der Waals surface area (Å²) in [7, 11) is 0. The van der Waals surface area contributed by atoms with Gasteiger partial charge in [-0.15, -0.1) is 0 Å². The van der Waals surface area contributed by atoms with Crippen LogP contribution in [0.25, 0.3) is 0 Å². The highest BCUT2D eigenvalue weighted by Crippen LogP contribution is 2.43. The number of nitriles is 1. The van der Waals surface area contributed by atoms with Gasteiger partial charge in [0.1, 0.15) is 5.60 Å². The molecule has 2 atom stereocenters. The topological polar surface area (TPSA) is 70.0 Å². The summed E-state index contributed by atoms with van der Waals surface area (Å²) >= 11 is 0. The van der Waals surface area contributed by atoms with Crippen LogP contribution in [0.4, 0.5) is 0 Å². The highest BCUT2D eigenvalue weighted by atomic mass is 16.3. The van der Waals surface area contributed by atoms with Crippen LogP contribution in [0.1, 0.15) is 18.9 Å². The van der Waals surface area contributed by atoms with Crippen molar-refractivity contribution in [3.8, 4) is 6.07 Å². The predicted octanol–water partition coefficient (Wildman–Crippen LogP) is 1.65. The summed E-state index contributed by atoms with van der Waals surface area (Å²) in [5, 5.41) is 19.6. The first-order valence-corrected chi connectivity index (χ1v) is 5.27. The summed E-state index contributed by atoms with van der Waals surface area (Å²) in [4.78, 5) is 0. The Morgan fingerprint density at radius 1 is 1.44 bits per heavy atom. The number of nitrogens with two attached hydrogens (primary N) is 1. The van der Waals surface area contributed by atoms with Gasteiger partial charge in [0.25, 0.3) is 0 Å². The third-order valence-electron chi connectivity index (χ3n) is 3.20. The lowest BCUT2D eigenvalue weighted by Crippen LogP contribution is -2.29. The van der Waals surface area contributed by atoms with Gasteiger partial charge < -0.3 is 10.8 Å². The number of benzene rings is 1. The van der Waals surface area contributed by atoms with E-state index in [1.807, 2.05) is 37.3 Å². The van der Waals surface area contributed by atoms with Crippen molar-refractivity contribution in [2.75, 3.05) is 0 Å². The van der Waals surface area contributed by atoms with E-state index in [-0.39, 0.29) is 5.92 Å². The van der Waals surface area contributed by atoms with E-state index >= 15 is 0 Å². The number of nitrogens with zero attached hydrogens (tertiary/aromatic N) is 1. The van der Waals surface area contributed by atoms with Crippen LogP contribution in [0, 0.1) is 17.2 Å². The second-order valence-electron chi connectivity index (χ2n) is 4.27. The summed E-state index contributed by atoms with van der Waals surface area (Å²) in [6.45, 7) is 1.91. The number of rotatable bonds is 1. The van der Waals surface area contributed by atoms with Gasteiger partial charge in [-0.25, -0.2) is 0 Å². The van der Waals surface area contributed by atoms with Crippen LogP contribution in [-0.4, -0.2) is 5.11 Å². The molecule has 0 aliphatic heterocycles. The normalized spacial score (nSPS) is 29.2. The van der Waals surface area contributed by atoms with Crippen LogP contribution < -0.4 is 5.73 Å². The van der Waals surface area contributed by atoms with Crippen molar-refractivity contribution in [2.24, 2.45) is 11.7 Å². The zero-order chi connectivity index (χ0) is 11.8. The van der Waals surface area contributed by atoms with Gasteiger partial charge in [0, 0.05) is 0 Å². The minimum absolute atomic E-state index is 0.00945. The molecule has 0 amide bonds. The Bertz CT molecular complexity index is 472. The predicted molar refractivity (Wildman–Crippen MR) is 60.9 cm³/mol. The van der Waals surface area contributed by atoms with Gasteiger partial charge in [-0.3, -0.25) is 0 Å². The minimum Gasteiger partial charge on any atom is -0.399 e. The van der Waals surface area contributed by atoms with Crippen molar-refractivity contribution >= 4 is 0 Å². The van der Waals surface area contributed by atoms with Crippen LogP contribution >= 0.6 is 0 Å². The minimum atomic E-state index is -1.17. The molecule has 0 fully saturated rings. The largest absolute Gasteiger partial charge is 0.399 e. The maximum atomic E-state index is 10.6. The third kappa shape index (κ3) is 1.39. The molecule has 1 aromatic rings. The second kappa shape index (κ2) is 3.66. The Balaban J connectivity index is 2.51. The average Bonchev–Trinajstić information content (AvgIpc) is 2.52. The molecule has 1 aliphatic carbocycles. The number of allylic oxidation sites excluding steroid dienone is 1. The standard InChI is InChI=1S/C13H14N2O/c1-9-7-13(16,12(15)11(9)8-14)10-5-3-2-4-6-10/h2-6,9,16H,7,15H2,1H3/t9-,13+/m0/s1. The van der Waals surface area contributed by atoms with Crippen LogP contribution in [0.5, 0.6) is 0 Å². The van der Waals surface area contributed by atoms with Crippen molar-refractivity contribution in [1.29, 1.82) is 5.26 Å². The Morgan fingerprint density at radius 3 is 2.56 bits per heavy atom. The zero-order valence-electron chi connectivity index (χ0n) is 9.14. The van der Waals surface area contributed by atoms with E-state index in [1.54, 1.807) is 0 Å². The molecule has 0 heterocycles. The molecule has 0 radical (unpaired) electrons. The van der Waals surface area contributed by atoms with Gasteiger partial charge in [0.15, 0.2) is 0 Å². The molecule has 0 spiro atoms. The molecule has 3 nitrogen and oxygen atoms in total. The molecule has 1 aromatic carbocycles. The SMILES string of the molecule is C[C@H]1C[C@@](O)(c2ccccc2)C(N)=C1C#N. The van der Waals surface area contributed by atoms with E-state index in [0.717, 1.165) is 5.56 Å². The Labute approximate surface area is 94.8 Å². The number of aliphatic hydroxyl groups is 1. The van der Waals surface area contributed by atoms with Crippen LogP contribution in [0.3, 0.4) is 0 Å². The Hall–Kier alpha value is -1.79. The van der Waals surface area contributed by atoms with Gasteiger partial charge in [0.05, 0.1) is 17.3 Å². The lowest BCUT2D eigenvalue weighted by molar-refractivity contribution is 0.0682. The van der Waals surface area contributed by atoms with Crippen molar-refractivity contribution in [2.45, 2.75) is 18.9 Å². The van der Waals surface area contributed by atoms with Gasteiger partial charge >= 0.3 is 0 Å². The highest BCUT2D eigenvalue weighted by Gasteiger charge is 2.43. The van der Waals surface area contributed by atoms with Gasteiger partial charge in [0.2, 0.25) is 0 Å². The van der Waals surface area contributed by atoms with Crippen molar-refractivity contribution in [1.82, 2.24) is 0 Å². The smallest absolute Gasteiger partial charge is 0.130 e. The Kier molecular flexibility index (Phi) is 2.45. The molecule has 2 rings (SSSR count). The van der Waals surface area contributed by atoms with Gasteiger partial charge in [-0.05, 0) is 17.9 Å². The molecular weight excluding hydrogens is 200 g/mol. The monoisotopic (exact) mass is 214 g/mol. The molecule has 0 aromatic heterocycles. The summed E-state index contributed by atoms with van der Waals surface area (Å²) < 4.78 is 0. The first-order valence-electron chi connectivity index (χ1n) is 5.27. The van der Waals surface area contributed by atoms with Crippen LogP contribution in [-0.2, 0) is 5.60 Å². The zero-order valence-corrected chi connectivity index (χ0v) is 9.14. The third-order valence-corrected chi connectivity index (χ3v) is 3.20. The fraction of sp³-hybridized carbons (Fsp3) is 0.308. The summed E-state index contributed by atoms with van der Waals surface area (Å²) in [5.41, 5.74) is 6.28. The number of hydrogen-bond donors (Lipinski definition) is 2. The molecule has 0 saturated heterocycles. The maximum absolute atomic E-state index is 10.6. The first-order chi connectivity index (χ1) is 7.59.